The number of aryl methyl sites for hydroxylation is 1. The molecular weight excluding hydrogens is 386 g/mol. The highest BCUT2D eigenvalue weighted by atomic mass is 16.5. The van der Waals surface area contributed by atoms with E-state index in [0.717, 1.165) is 42.0 Å². The largest absolute Gasteiger partial charge is 0.494 e. The van der Waals surface area contributed by atoms with Gasteiger partial charge in [-0.25, -0.2) is 4.98 Å². The third-order valence-corrected chi connectivity index (χ3v) is 5.66. The minimum atomic E-state index is -0.217. The number of rotatable bonds is 10. The van der Waals surface area contributed by atoms with Crippen LogP contribution < -0.4 is 10.1 Å². The number of carbonyl (C=O) groups is 1. The van der Waals surface area contributed by atoms with Crippen LogP contribution in [0.4, 0.5) is 0 Å². The molecule has 0 saturated heterocycles. The van der Waals surface area contributed by atoms with Gasteiger partial charge >= 0.3 is 0 Å². The molecule has 0 aliphatic carbocycles. The van der Waals surface area contributed by atoms with Crippen LogP contribution in [0, 0.1) is 0 Å². The molecule has 1 amide bonds. The van der Waals surface area contributed by atoms with Crippen LogP contribution in [0.2, 0.25) is 0 Å². The van der Waals surface area contributed by atoms with Crippen molar-refractivity contribution >= 4 is 16.9 Å². The predicted octanol–water partition coefficient (Wildman–Crippen LogP) is 5.77. The number of ether oxygens (including phenoxy) is 1. The molecule has 0 saturated carbocycles. The molecule has 3 rings (SSSR count). The third-order valence-electron chi connectivity index (χ3n) is 5.66. The fraction of sp³-hybridized carbons (Fsp3) is 0.385. The number of fused-ring (bicyclic) bond motifs is 1. The Bertz CT molecular complexity index is 1040. The average Bonchev–Trinajstić information content (AvgIpc) is 3.15. The molecule has 31 heavy (non-hydrogen) atoms. The van der Waals surface area contributed by atoms with Crippen LogP contribution in [0.1, 0.15) is 63.9 Å². The van der Waals surface area contributed by atoms with Crippen LogP contribution in [-0.2, 0) is 11.3 Å². The highest BCUT2D eigenvalue weighted by Gasteiger charge is 2.18. The Kier molecular flexibility index (Phi) is 7.50. The first-order chi connectivity index (χ1) is 14.9. The van der Waals surface area contributed by atoms with Crippen molar-refractivity contribution in [2.75, 3.05) is 6.61 Å². The first-order valence-corrected chi connectivity index (χ1v) is 11.0. The maximum Gasteiger partial charge on any atom is 0.246 e. The van der Waals surface area contributed by atoms with Crippen LogP contribution >= 0.6 is 0 Å². The molecule has 5 heteroatoms. The maximum atomic E-state index is 12.1. The summed E-state index contributed by atoms with van der Waals surface area (Å²) >= 11 is 0. The molecule has 0 spiro atoms. The van der Waals surface area contributed by atoms with Gasteiger partial charge < -0.3 is 14.6 Å². The molecule has 1 heterocycles. The molecule has 5 nitrogen and oxygen atoms in total. The van der Waals surface area contributed by atoms with E-state index in [0.29, 0.717) is 18.1 Å². The van der Waals surface area contributed by atoms with E-state index in [1.165, 1.54) is 5.56 Å². The van der Waals surface area contributed by atoms with Gasteiger partial charge in [-0.05, 0) is 62.4 Å². The molecule has 164 valence electrons. The lowest BCUT2D eigenvalue weighted by molar-refractivity contribution is -0.118. The van der Waals surface area contributed by atoms with Gasteiger partial charge in [-0.15, -0.1) is 0 Å². The van der Waals surface area contributed by atoms with E-state index in [2.05, 4.69) is 60.6 Å². The highest BCUT2D eigenvalue weighted by Crippen LogP contribution is 2.23. The summed E-state index contributed by atoms with van der Waals surface area (Å²) in [5, 5.41) is 2.98. The number of hydrogen-bond acceptors (Lipinski definition) is 3. The Morgan fingerprint density at radius 1 is 1.16 bits per heavy atom. The number of nitrogens with one attached hydrogen (secondary N) is 1. The monoisotopic (exact) mass is 419 g/mol. The zero-order valence-corrected chi connectivity index (χ0v) is 19.0. The average molecular weight is 420 g/mol. The molecule has 0 fully saturated rings. The normalized spacial score (nSPS) is 13.0. The van der Waals surface area contributed by atoms with Gasteiger partial charge in [0.25, 0.3) is 0 Å². The zero-order chi connectivity index (χ0) is 22.4. The van der Waals surface area contributed by atoms with Gasteiger partial charge in [-0.1, -0.05) is 44.7 Å². The van der Waals surface area contributed by atoms with Crippen LogP contribution in [0.5, 0.6) is 5.75 Å². The number of imidazole rings is 1. The predicted molar refractivity (Wildman–Crippen MR) is 126 cm³/mol. The Balaban J connectivity index is 1.66. The Morgan fingerprint density at radius 3 is 2.55 bits per heavy atom. The van der Waals surface area contributed by atoms with Crippen molar-refractivity contribution in [3.05, 3.63) is 72.1 Å². The van der Waals surface area contributed by atoms with E-state index in [9.17, 15) is 4.79 Å². The molecular formula is C26H33N3O2. The summed E-state index contributed by atoms with van der Waals surface area (Å²) in [5.41, 5.74) is 3.82. The molecule has 0 bridgehead atoms. The maximum absolute atomic E-state index is 12.1. The lowest BCUT2D eigenvalue weighted by Crippen LogP contribution is -2.29. The molecule has 0 aliphatic heterocycles. The smallest absolute Gasteiger partial charge is 0.246 e. The Morgan fingerprint density at radius 2 is 1.87 bits per heavy atom. The molecule has 2 unspecified atom stereocenters. The summed E-state index contributed by atoms with van der Waals surface area (Å²) in [7, 11) is 0. The van der Waals surface area contributed by atoms with E-state index in [-0.39, 0.29) is 11.9 Å². The summed E-state index contributed by atoms with van der Waals surface area (Å²) < 4.78 is 8.14. The number of benzene rings is 2. The quantitative estimate of drug-likeness (QED) is 0.335. The third kappa shape index (κ3) is 5.54. The first kappa shape index (κ1) is 22.6. The van der Waals surface area contributed by atoms with Gasteiger partial charge in [0, 0.05) is 12.1 Å². The van der Waals surface area contributed by atoms with Crippen molar-refractivity contribution in [1.82, 2.24) is 14.9 Å². The summed E-state index contributed by atoms with van der Waals surface area (Å²) in [6.07, 6.45) is 1.97. The van der Waals surface area contributed by atoms with Crippen LogP contribution in [0.25, 0.3) is 11.0 Å². The lowest BCUT2D eigenvalue weighted by atomic mass is 9.99. The summed E-state index contributed by atoms with van der Waals surface area (Å²) in [5.74, 6) is 2.14. The van der Waals surface area contributed by atoms with Crippen molar-refractivity contribution < 1.29 is 9.53 Å². The molecule has 2 aromatic carbocycles. The van der Waals surface area contributed by atoms with Gasteiger partial charge in [0.2, 0.25) is 5.91 Å². The van der Waals surface area contributed by atoms with E-state index >= 15 is 0 Å². The van der Waals surface area contributed by atoms with Crippen molar-refractivity contribution in [2.45, 2.75) is 59.0 Å². The lowest BCUT2D eigenvalue weighted by Gasteiger charge is -2.17. The number of carbonyl (C=O) groups excluding carboxylic acids is 1. The standard InChI is InChI=1S/C26H33N3O2/c1-6-19(4)21-12-14-22(15-13-21)31-17-9-16-29-24-11-8-7-10-23(24)28-25(29)20(5)27-26(30)18(2)3/h7-8,10-15,19-20H,2,6,9,16-17H2,1,3-5H3,(H,27,30). The molecule has 0 aliphatic rings. The Labute approximate surface area is 185 Å². The number of aromatic nitrogens is 2. The number of hydrogen-bond donors (Lipinski definition) is 1. The van der Waals surface area contributed by atoms with E-state index in [1.54, 1.807) is 6.92 Å². The van der Waals surface area contributed by atoms with Gasteiger partial charge in [-0.2, -0.15) is 0 Å². The number of para-hydroxylation sites is 2. The van der Waals surface area contributed by atoms with Crippen molar-refractivity contribution in [3.8, 4) is 5.75 Å². The first-order valence-electron chi connectivity index (χ1n) is 11.0. The number of amides is 1. The molecule has 3 aromatic rings. The topological polar surface area (TPSA) is 56.2 Å². The highest BCUT2D eigenvalue weighted by molar-refractivity contribution is 5.92. The zero-order valence-electron chi connectivity index (χ0n) is 19.0. The second-order valence-corrected chi connectivity index (χ2v) is 8.17. The molecule has 1 aromatic heterocycles. The van der Waals surface area contributed by atoms with Gasteiger partial charge in [0.1, 0.15) is 11.6 Å². The van der Waals surface area contributed by atoms with Gasteiger partial charge in [0.15, 0.2) is 0 Å². The summed E-state index contributed by atoms with van der Waals surface area (Å²) in [4.78, 5) is 16.9. The SMILES string of the molecule is C=C(C)C(=O)NC(C)c1nc2ccccc2n1CCCOc1ccc(C(C)CC)cc1. The Hall–Kier alpha value is -3.08. The number of nitrogens with zero attached hydrogens (tertiary/aromatic N) is 2. The van der Waals surface area contributed by atoms with Crippen LogP contribution in [0.3, 0.4) is 0 Å². The second-order valence-electron chi connectivity index (χ2n) is 8.17. The van der Waals surface area contributed by atoms with Crippen molar-refractivity contribution in [2.24, 2.45) is 0 Å². The fourth-order valence-electron chi connectivity index (χ4n) is 3.59. The summed E-state index contributed by atoms with van der Waals surface area (Å²) in [6.45, 7) is 13.2. The van der Waals surface area contributed by atoms with Crippen LogP contribution in [-0.4, -0.2) is 22.1 Å². The van der Waals surface area contributed by atoms with E-state index < -0.39 is 0 Å². The molecule has 1 N–H and O–H groups in total. The van der Waals surface area contributed by atoms with E-state index in [4.69, 9.17) is 9.72 Å². The fourth-order valence-corrected chi connectivity index (χ4v) is 3.59. The van der Waals surface area contributed by atoms with E-state index in [1.807, 2.05) is 25.1 Å². The molecule has 2 atom stereocenters. The molecule has 0 radical (unpaired) electrons. The minimum absolute atomic E-state index is 0.157. The van der Waals surface area contributed by atoms with Crippen LogP contribution in [0.15, 0.2) is 60.7 Å². The van der Waals surface area contributed by atoms with Gasteiger partial charge in [0.05, 0.1) is 23.7 Å². The van der Waals surface area contributed by atoms with Crippen molar-refractivity contribution in [3.63, 3.8) is 0 Å². The van der Waals surface area contributed by atoms with Crippen molar-refractivity contribution in [1.29, 1.82) is 0 Å². The minimum Gasteiger partial charge on any atom is -0.494 e. The van der Waals surface area contributed by atoms with Gasteiger partial charge in [-0.3, -0.25) is 4.79 Å². The second kappa shape index (κ2) is 10.3. The summed E-state index contributed by atoms with van der Waals surface area (Å²) in [6, 6.07) is 16.2.